The first kappa shape index (κ1) is 13.3. The van der Waals surface area contributed by atoms with Crippen LogP contribution in [0.25, 0.3) is 0 Å². The van der Waals surface area contributed by atoms with Crippen molar-refractivity contribution in [1.29, 1.82) is 0 Å². The van der Waals surface area contributed by atoms with E-state index < -0.39 is 0 Å². The smallest absolute Gasteiger partial charge is 0.0726 e. The van der Waals surface area contributed by atoms with Gasteiger partial charge in [0.25, 0.3) is 0 Å². The Kier molecular flexibility index (Phi) is 5.26. The fraction of sp³-hybridized carbons (Fsp3) is 1.00. The van der Waals surface area contributed by atoms with Crippen LogP contribution in [0.5, 0.6) is 0 Å². The van der Waals surface area contributed by atoms with Gasteiger partial charge in [0.05, 0.1) is 6.10 Å². The molecular weight excluding hydrogens is 212 g/mol. The van der Waals surface area contributed by atoms with Gasteiger partial charge in [0.15, 0.2) is 0 Å². The van der Waals surface area contributed by atoms with Crippen LogP contribution in [0.3, 0.4) is 0 Å². The first-order valence-electron chi connectivity index (χ1n) is 7.35. The lowest BCUT2D eigenvalue weighted by Gasteiger charge is -2.38. The van der Waals surface area contributed by atoms with Crippen molar-refractivity contribution >= 4 is 0 Å². The molecule has 2 fully saturated rings. The third kappa shape index (κ3) is 3.43. The number of ether oxygens (including phenoxy) is 1. The Labute approximate surface area is 106 Å². The maximum absolute atomic E-state index is 5.61. The largest absolute Gasteiger partial charge is 0.380 e. The Morgan fingerprint density at radius 1 is 1.18 bits per heavy atom. The maximum Gasteiger partial charge on any atom is 0.0726 e. The molecule has 0 aromatic rings. The van der Waals surface area contributed by atoms with Crippen molar-refractivity contribution < 1.29 is 4.74 Å². The van der Waals surface area contributed by atoms with Crippen LogP contribution in [0.2, 0.25) is 0 Å². The zero-order chi connectivity index (χ0) is 12.1. The number of nitrogens with zero attached hydrogens (tertiary/aromatic N) is 1. The van der Waals surface area contributed by atoms with Gasteiger partial charge in [0.1, 0.15) is 0 Å². The normalized spacial score (nSPS) is 32.1. The Hall–Kier alpha value is -0.120. The fourth-order valence-corrected chi connectivity index (χ4v) is 3.38. The molecule has 3 nitrogen and oxygen atoms in total. The summed E-state index contributed by atoms with van der Waals surface area (Å²) in [5.74, 6) is 0. The summed E-state index contributed by atoms with van der Waals surface area (Å²) >= 11 is 0. The molecule has 0 aromatic heterocycles. The molecule has 0 spiro atoms. The van der Waals surface area contributed by atoms with E-state index in [-0.39, 0.29) is 0 Å². The lowest BCUT2D eigenvalue weighted by molar-refractivity contribution is 0.0215. The summed E-state index contributed by atoms with van der Waals surface area (Å²) < 4.78 is 5.61. The van der Waals surface area contributed by atoms with Gasteiger partial charge in [-0.05, 0) is 45.1 Å². The fourth-order valence-electron chi connectivity index (χ4n) is 3.38. The van der Waals surface area contributed by atoms with E-state index in [1.54, 1.807) is 0 Å². The van der Waals surface area contributed by atoms with E-state index in [2.05, 4.69) is 17.1 Å². The maximum atomic E-state index is 5.61. The Morgan fingerprint density at radius 3 is 2.59 bits per heavy atom. The second-order valence-corrected chi connectivity index (χ2v) is 5.54. The van der Waals surface area contributed by atoms with E-state index >= 15 is 0 Å². The SMILES string of the molecule is CCCNC1CCN(C2CCCC2OC)CC1. The van der Waals surface area contributed by atoms with E-state index in [9.17, 15) is 0 Å². The molecule has 1 saturated heterocycles. The molecule has 1 N–H and O–H groups in total. The number of piperidine rings is 1. The zero-order valence-corrected chi connectivity index (χ0v) is 11.5. The summed E-state index contributed by atoms with van der Waals surface area (Å²) in [6.45, 7) is 5.93. The average molecular weight is 240 g/mol. The minimum atomic E-state index is 0.496. The zero-order valence-electron chi connectivity index (χ0n) is 11.5. The number of nitrogens with one attached hydrogen (secondary N) is 1. The quantitative estimate of drug-likeness (QED) is 0.795. The van der Waals surface area contributed by atoms with Gasteiger partial charge in [-0.3, -0.25) is 4.90 Å². The first-order valence-corrected chi connectivity index (χ1v) is 7.35. The number of hydrogen-bond donors (Lipinski definition) is 1. The molecule has 0 aromatic carbocycles. The van der Waals surface area contributed by atoms with E-state index in [1.165, 1.54) is 58.2 Å². The number of methoxy groups -OCH3 is 1. The third-order valence-corrected chi connectivity index (χ3v) is 4.40. The molecule has 2 unspecified atom stereocenters. The van der Waals surface area contributed by atoms with Crippen LogP contribution in [-0.2, 0) is 4.74 Å². The first-order chi connectivity index (χ1) is 8.35. The van der Waals surface area contributed by atoms with Gasteiger partial charge < -0.3 is 10.1 Å². The Morgan fingerprint density at radius 2 is 1.94 bits per heavy atom. The van der Waals surface area contributed by atoms with Crippen molar-refractivity contribution in [3.8, 4) is 0 Å². The molecule has 1 heterocycles. The molecule has 2 atom stereocenters. The molecule has 0 amide bonds. The van der Waals surface area contributed by atoms with Crippen molar-refractivity contribution in [2.24, 2.45) is 0 Å². The van der Waals surface area contributed by atoms with Crippen molar-refractivity contribution in [3.05, 3.63) is 0 Å². The molecule has 0 bridgehead atoms. The highest BCUT2D eigenvalue weighted by Gasteiger charge is 2.33. The standard InChI is InChI=1S/C14H28N2O/c1-3-9-15-12-7-10-16(11-8-12)13-5-4-6-14(13)17-2/h12-15H,3-11H2,1-2H3. The molecule has 2 aliphatic rings. The van der Waals surface area contributed by atoms with Crippen molar-refractivity contribution in [1.82, 2.24) is 10.2 Å². The van der Waals surface area contributed by atoms with Gasteiger partial charge in [-0.15, -0.1) is 0 Å². The van der Waals surface area contributed by atoms with Gasteiger partial charge >= 0.3 is 0 Å². The lowest BCUT2D eigenvalue weighted by Crippen LogP contribution is -2.49. The highest BCUT2D eigenvalue weighted by Crippen LogP contribution is 2.28. The third-order valence-electron chi connectivity index (χ3n) is 4.40. The van der Waals surface area contributed by atoms with Crippen LogP contribution in [0.4, 0.5) is 0 Å². The van der Waals surface area contributed by atoms with E-state index in [0.717, 1.165) is 6.04 Å². The number of likely N-dealkylation sites (tertiary alicyclic amines) is 1. The molecule has 1 aliphatic carbocycles. The molecule has 0 radical (unpaired) electrons. The Balaban J connectivity index is 1.74. The second-order valence-electron chi connectivity index (χ2n) is 5.54. The number of hydrogen-bond acceptors (Lipinski definition) is 3. The summed E-state index contributed by atoms with van der Waals surface area (Å²) in [7, 11) is 1.87. The Bertz CT molecular complexity index is 214. The summed E-state index contributed by atoms with van der Waals surface area (Å²) in [6, 6.07) is 1.46. The highest BCUT2D eigenvalue weighted by atomic mass is 16.5. The topological polar surface area (TPSA) is 24.5 Å². The van der Waals surface area contributed by atoms with Crippen LogP contribution < -0.4 is 5.32 Å². The molecular formula is C14H28N2O. The number of rotatable bonds is 5. The van der Waals surface area contributed by atoms with E-state index in [0.29, 0.717) is 12.1 Å². The monoisotopic (exact) mass is 240 g/mol. The summed E-state index contributed by atoms with van der Waals surface area (Å²) in [4.78, 5) is 2.67. The van der Waals surface area contributed by atoms with Crippen LogP contribution in [-0.4, -0.2) is 49.8 Å². The van der Waals surface area contributed by atoms with Gasteiger partial charge in [-0.2, -0.15) is 0 Å². The molecule has 1 saturated carbocycles. The van der Waals surface area contributed by atoms with Gasteiger partial charge in [-0.25, -0.2) is 0 Å². The van der Waals surface area contributed by atoms with Crippen molar-refractivity contribution in [2.75, 3.05) is 26.7 Å². The molecule has 3 heteroatoms. The summed E-state index contributed by atoms with van der Waals surface area (Å²) in [5, 5.41) is 3.65. The average Bonchev–Trinajstić information content (AvgIpc) is 2.85. The van der Waals surface area contributed by atoms with Gasteiger partial charge in [0.2, 0.25) is 0 Å². The van der Waals surface area contributed by atoms with Crippen molar-refractivity contribution in [2.45, 2.75) is 63.6 Å². The van der Waals surface area contributed by atoms with Crippen LogP contribution in [0.1, 0.15) is 45.4 Å². The van der Waals surface area contributed by atoms with Crippen molar-refractivity contribution in [3.63, 3.8) is 0 Å². The minimum Gasteiger partial charge on any atom is -0.380 e. The summed E-state index contributed by atoms with van der Waals surface area (Å²) in [6.07, 6.45) is 8.31. The lowest BCUT2D eigenvalue weighted by atomic mass is 10.0. The summed E-state index contributed by atoms with van der Waals surface area (Å²) in [5.41, 5.74) is 0. The minimum absolute atomic E-state index is 0.496. The second kappa shape index (κ2) is 6.72. The van der Waals surface area contributed by atoms with Crippen LogP contribution in [0, 0.1) is 0 Å². The molecule has 100 valence electrons. The predicted octanol–water partition coefficient (Wildman–Crippen LogP) is 2.02. The predicted molar refractivity (Wildman–Crippen MR) is 71.3 cm³/mol. The van der Waals surface area contributed by atoms with E-state index in [4.69, 9.17) is 4.74 Å². The van der Waals surface area contributed by atoms with Crippen LogP contribution in [0.15, 0.2) is 0 Å². The van der Waals surface area contributed by atoms with Gasteiger partial charge in [0, 0.05) is 32.3 Å². The molecule has 1 aliphatic heterocycles. The highest BCUT2D eigenvalue weighted by molar-refractivity contribution is 4.89. The van der Waals surface area contributed by atoms with Gasteiger partial charge in [-0.1, -0.05) is 6.92 Å². The molecule has 2 rings (SSSR count). The van der Waals surface area contributed by atoms with Crippen LogP contribution >= 0.6 is 0 Å². The van der Waals surface area contributed by atoms with E-state index in [1.807, 2.05) is 7.11 Å². The molecule has 17 heavy (non-hydrogen) atoms.